The Hall–Kier alpha value is -2.33. The molecule has 2 aromatic rings. The number of hydrogen-bond donors (Lipinski definition) is 2. The molecule has 2 N–H and O–H groups in total. The quantitative estimate of drug-likeness (QED) is 0.810. The number of nitrogens with one attached hydrogen (secondary N) is 1. The number of hydrogen-bond acceptors (Lipinski definition) is 3. The molecule has 4 heteroatoms. The fraction of sp³-hybridized carbons (Fsp3) is 0.381. The lowest BCUT2D eigenvalue weighted by molar-refractivity contribution is -0.122. The lowest BCUT2D eigenvalue weighted by atomic mass is 10.0. The van der Waals surface area contributed by atoms with Crippen LogP contribution in [0.2, 0.25) is 0 Å². The number of rotatable bonds is 7. The van der Waals surface area contributed by atoms with Crippen molar-refractivity contribution in [2.24, 2.45) is 0 Å². The molecule has 0 radical (unpaired) electrons. The number of carbonyl (C=O) groups is 1. The topological polar surface area (TPSA) is 58.6 Å². The van der Waals surface area contributed by atoms with Crippen molar-refractivity contribution < 1.29 is 14.6 Å². The van der Waals surface area contributed by atoms with Crippen molar-refractivity contribution in [3.63, 3.8) is 0 Å². The van der Waals surface area contributed by atoms with Crippen LogP contribution in [0.4, 0.5) is 0 Å². The molecule has 0 fully saturated rings. The Kier molecular flexibility index (Phi) is 6.59. The van der Waals surface area contributed by atoms with E-state index in [2.05, 4.69) is 37.4 Å². The molecule has 0 aliphatic carbocycles. The van der Waals surface area contributed by atoms with Gasteiger partial charge in [0, 0.05) is 6.42 Å². The maximum absolute atomic E-state index is 12.2. The second kappa shape index (κ2) is 8.67. The van der Waals surface area contributed by atoms with Crippen molar-refractivity contribution in [2.75, 3.05) is 7.11 Å². The van der Waals surface area contributed by atoms with E-state index in [1.807, 2.05) is 19.1 Å². The SMILES string of the molecule is COc1ccc(C(O)C(C)NC(=O)CCc2ccc(C)cc2C)cc1. The Morgan fingerprint density at radius 2 is 1.84 bits per heavy atom. The zero-order chi connectivity index (χ0) is 18.4. The van der Waals surface area contributed by atoms with E-state index in [0.717, 1.165) is 11.3 Å². The van der Waals surface area contributed by atoms with E-state index in [0.29, 0.717) is 12.8 Å². The first-order valence-electron chi connectivity index (χ1n) is 8.58. The van der Waals surface area contributed by atoms with Crippen LogP contribution in [-0.2, 0) is 11.2 Å². The van der Waals surface area contributed by atoms with Gasteiger partial charge in [-0.1, -0.05) is 35.9 Å². The van der Waals surface area contributed by atoms with Gasteiger partial charge in [0.05, 0.1) is 19.3 Å². The first kappa shape index (κ1) is 19.0. The monoisotopic (exact) mass is 341 g/mol. The largest absolute Gasteiger partial charge is 0.497 e. The van der Waals surface area contributed by atoms with Crippen molar-refractivity contribution >= 4 is 5.91 Å². The molecule has 0 aliphatic heterocycles. The van der Waals surface area contributed by atoms with E-state index in [9.17, 15) is 9.90 Å². The Labute approximate surface area is 149 Å². The van der Waals surface area contributed by atoms with Gasteiger partial charge in [0.1, 0.15) is 5.75 Å². The third-order valence-electron chi connectivity index (χ3n) is 4.44. The normalized spacial score (nSPS) is 13.2. The van der Waals surface area contributed by atoms with Crippen LogP contribution in [0.5, 0.6) is 5.75 Å². The summed E-state index contributed by atoms with van der Waals surface area (Å²) in [6, 6.07) is 13.1. The molecule has 2 atom stereocenters. The molecular weight excluding hydrogens is 314 g/mol. The van der Waals surface area contributed by atoms with Gasteiger partial charge in [-0.15, -0.1) is 0 Å². The molecular formula is C21H27NO3. The van der Waals surface area contributed by atoms with Crippen molar-refractivity contribution in [1.82, 2.24) is 5.32 Å². The van der Waals surface area contributed by atoms with Crippen LogP contribution in [-0.4, -0.2) is 24.2 Å². The van der Waals surface area contributed by atoms with Gasteiger partial charge in [0.2, 0.25) is 5.91 Å². The highest BCUT2D eigenvalue weighted by atomic mass is 16.5. The van der Waals surface area contributed by atoms with Crippen molar-refractivity contribution in [2.45, 2.75) is 45.8 Å². The van der Waals surface area contributed by atoms with Crippen molar-refractivity contribution in [3.8, 4) is 5.75 Å². The maximum Gasteiger partial charge on any atom is 0.220 e. The van der Waals surface area contributed by atoms with E-state index in [1.165, 1.54) is 16.7 Å². The molecule has 0 saturated carbocycles. The Morgan fingerprint density at radius 1 is 1.16 bits per heavy atom. The highest BCUT2D eigenvalue weighted by Crippen LogP contribution is 2.20. The lowest BCUT2D eigenvalue weighted by Gasteiger charge is -2.21. The minimum Gasteiger partial charge on any atom is -0.497 e. The number of aryl methyl sites for hydroxylation is 3. The standard InChI is InChI=1S/C21H27NO3/c1-14-5-6-17(15(2)13-14)9-12-20(23)22-16(3)21(24)18-7-10-19(25-4)11-8-18/h5-8,10-11,13,16,21,24H,9,12H2,1-4H3,(H,22,23). The van der Waals surface area contributed by atoms with Gasteiger partial charge in [0.15, 0.2) is 0 Å². The molecule has 2 unspecified atom stereocenters. The van der Waals surface area contributed by atoms with Crippen LogP contribution in [0.1, 0.15) is 41.7 Å². The van der Waals surface area contributed by atoms with E-state index >= 15 is 0 Å². The second-order valence-corrected chi connectivity index (χ2v) is 6.50. The van der Waals surface area contributed by atoms with Gasteiger partial charge in [-0.2, -0.15) is 0 Å². The van der Waals surface area contributed by atoms with E-state index in [4.69, 9.17) is 4.74 Å². The summed E-state index contributed by atoms with van der Waals surface area (Å²) in [5, 5.41) is 13.3. The van der Waals surface area contributed by atoms with Crippen LogP contribution >= 0.6 is 0 Å². The van der Waals surface area contributed by atoms with Gasteiger partial charge in [0.25, 0.3) is 0 Å². The average Bonchev–Trinajstić information content (AvgIpc) is 2.60. The fourth-order valence-corrected chi connectivity index (χ4v) is 2.87. The number of benzene rings is 2. The summed E-state index contributed by atoms with van der Waals surface area (Å²) in [7, 11) is 1.60. The summed E-state index contributed by atoms with van der Waals surface area (Å²) >= 11 is 0. The van der Waals surface area contributed by atoms with Crippen LogP contribution < -0.4 is 10.1 Å². The number of aliphatic hydroxyl groups is 1. The van der Waals surface area contributed by atoms with Gasteiger partial charge < -0.3 is 15.2 Å². The zero-order valence-electron chi connectivity index (χ0n) is 15.4. The zero-order valence-corrected chi connectivity index (χ0v) is 15.4. The molecule has 2 rings (SSSR count). The predicted octanol–water partition coefficient (Wildman–Crippen LogP) is 3.48. The Bertz CT molecular complexity index is 710. The predicted molar refractivity (Wildman–Crippen MR) is 99.8 cm³/mol. The Balaban J connectivity index is 1.88. The lowest BCUT2D eigenvalue weighted by Crippen LogP contribution is -2.37. The van der Waals surface area contributed by atoms with Gasteiger partial charge in [-0.05, 0) is 56.0 Å². The van der Waals surface area contributed by atoms with Crippen molar-refractivity contribution in [3.05, 3.63) is 64.7 Å². The summed E-state index contributed by atoms with van der Waals surface area (Å²) in [6.07, 6.45) is 0.350. The fourth-order valence-electron chi connectivity index (χ4n) is 2.87. The third kappa shape index (κ3) is 5.33. The molecule has 0 aliphatic rings. The van der Waals surface area contributed by atoms with E-state index < -0.39 is 6.10 Å². The van der Waals surface area contributed by atoms with Gasteiger partial charge >= 0.3 is 0 Å². The van der Waals surface area contributed by atoms with Crippen LogP contribution in [0.25, 0.3) is 0 Å². The van der Waals surface area contributed by atoms with Crippen LogP contribution in [0, 0.1) is 13.8 Å². The molecule has 0 saturated heterocycles. The number of carbonyl (C=O) groups excluding carboxylic acids is 1. The van der Waals surface area contributed by atoms with Crippen LogP contribution in [0.3, 0.4) is 0 Å². The number of methoxy groups -OCH3 is 1. The molecule has 0 bridgehead atoms. The average molecular weight is 341 g/mol. The maximum atomic E-state index is 12.2. The molecule has 25 heavy (non-hydrogen) atoms. The molecule has 0 aromatic heterocycles. The smallest absolute Gasteiger partial charge is 0.220 e. The molecule has 134 valence electrons. The minimum atomic E-state index is -0.754. The minimum absolute atomic E-state index is 0.0555. The first-order valence-corrected chi connectivity index (χ1v) is 8.58. The number of ether oxygens (including phenoxy) is 1. The molecule has 4 nitrogen and oxygen atoms in total. The number of aliphatic hydroxyl groups excluding tert-OH is 1. The Morgan fingerprint density at radius 3 is 2.44 bits per heavy atom. The van der Waals surface area contributed by atoms with Gasteiger partial charge in [-0.3, -0.25) is 4.79 Å². The summed E-state index contributed by atoms with van der Waals surface area (Å²) in [6.45, 7) is 5.94. The highest BCUT2D eigenvalue weighted by Gasteiger charge is 2.18. The van der Waals surface area contributed by atoms with Gasteiger partial charge in [-0.25, -0.2) is 0 Å². The first-order chi connectivity index (χ1) is 11.9. The van der Waals surface area contributed by atoms with E-state index in [-0.39, 0.29) is 11.9 Å². The molecule has 0 spiro atoms. The summed E-state index contributed by atoms with van der Waals surface area (Å²) < 4.78 is 5.11. The molecule has 1 amide bonds. The summed E-state index contributed by atoms with van der Waals surface area (Å²) in [4.78, 5) is 12.2. The highest BCUT2D eigenvalue weighted by molar-refractivity contribution is 5.76. The molecule has 2 aromatic carbocycles. The van der Waals surface area contributed by atoms with Crippen LogP contribution in [0.15, 0.2) is 42.5 Å². The summed E-state index contributed by atoms with van der Waals surface area (Å²) in [5.74, 6) is 0.682. The van der Waals surface area contributed by atoms with E-state index in [1.54, 1.807) is 19.2 Å². The number of amides is 1. The third-order valence-corrected chi connectivity index (χ3v) is 4.44. The van der Waals surface area contributed by atoms with Crippen molar-refractivity contribution in [1.29, 1.82) is 0 Å². The molecule has 0 heterocycles. The second-order valence-electron chi connectivity index (χ2n) is 6.50. The summed E-state index contributed by atoms with van der Waals surface area (Å²) in [5.41, 5.74) is 4.37.